The Morgan fingerprint density at radius 2 is 2.00 bits per heavy atom. The second kappa shape index (κ2) is 4.40. The van der Waals surface area contributed by atoms with Gasteiger partial charge in [0.2, 0.25) is 0 Å². The lowest BCUT2D eigenvalue weighted by molar-refractivity contribution is -0.177. The van der Waals surface area contributed by atoms with Gasteiger partial charge in [0.15, 0.2) is 0 Å². The van der Waals surface area contributed by atoms with Crippen molar-refractivity contribution in [3.63, 3.8) is 0 Å². The van der Waals surface area contributed by atoms with Crippen molar-refractivity contribution in [2.24, 2.45) is 0 Å². The molecule has 1 aromatic carbocycles. The van der Waals surface area contributed by atoms with Crippen LogP contribution < -0.4 is 4.74 Å². The predicted molar refractivity (Wildman–Crippen MR) is 51.7 cm³/mol. The number of hydrogen-bond acceptors (Lipinski definition) is 1. The van der Waals surface area contributed by atoms with Crippen LogP contribution >= 0.6 is 0 Å². The fraction of sp³-hybridized carbons (Fsp3) is 0.455. The summed E-state index contributed by atoms with van der Waals surface area (Å²) in [6.07, 6.45) is -2.56. The van der Waals surface area contributed by atoms with Gasteiger partial charge in [-0.15, -0.1) is 0 Å². The maximum atomic E-state index is 12.9. The van der Waals surface area contributed by atoms with Gasteiger partial charge in [0.1, 0.15) is 5.75 Å². The molecule has 0 saturated carbocycles. The van der Waals surface area contributed by atoms with Crippen LogP contribution in [0.3, 0.4) is 0 Å². The summed E-state index contributed by atoms with van der Waals surface area (Å²) in [6, 6.07) is 6.79. The van der Waals surface area contributed by atoms with Gasteiger partial charge in [-0.05, 0) is 24.1 Å². The zero-order chi connectivity index (χ0) is 10.6. The number of ether oxygens (including phenoxy) is 1. The summed E-state index contributed by atoms with van der Waals surface area (Å²) >= 11 is 0. The molecule has 0 bridgehead atoms. The van der Waals surface area contributed by atoms with Crippen LogP contribution in [0.5, 0.6) is 5.75 Å². The van der Waals surface area contributed by atoms with Crippen LogP contribution in [0.4, 0.5) is 8.78 Å². The molecular weight excluding hydrogens is 186 g/mol. The van der Waals surface area contributed by atoms with Crippen molar-refractivity contribution >= 4 is 0 Å². The van der Waals surface area contributed by atoms with Gasteiger partial charge in [-0.2, -0.15) is 8.78 Å². The fourth-order valence-electron chi connectivity index (χ4n) is 1.07. The minimum atomic E-state index is -3.06. The third kappa shape index (κ3) is 2.98. The molecule has 1 rings (SSSR count). The number of aryl methyl sites for hydroxylation is 1. The van der Waals surface area contributed by atoms with Gasteiger partial charge in [0.25, 0.3) is 0 Å². The Balaban J connectivity index is 2.76. The van der Waals surface area contributed by atoms with Crippen molar-refractivity contribution in [2.75, 3.05) is 0 Å². The van der Waals surface area contributed by atoms with Crippen molar-refractivity contribution in [3.05, 3.63) is 29.8 Å². The minimum absolute atomic E-state index is 0.233. The van der Waals surface area contributed by atoms with Crippen LogP contribution in [0, 0.1) is 0 Å². The lowest BCUT2D eigenvalue weighted by Gasteiger charge is -2.16. The number of hydrogen-bond donors (Lipinski definition) is 0. The molecule has 1 nitrogen and oxygen atoms in total. The summed E-state index contributed by atoms with van der Waals surface area (Å²) in [6.45, 7) is 3.36. The third-order valence-electron chi connectivity index (χ3n) is 1.99. The van der Waals surface area contributed by atoms with Crippen molar-refractivity contribution in [3.8, 4) is 5.75 Å². The molecule has 0 saturated heterocycles. The molecule has 0 atom stereocenters. The zero-order valence-electron chi connectivity index (χ0n) is 8.39. The molecule has 0 aromatic heterocycles. The van der Waals surface area contributed by atoms with E-state index in [2.05, 4.69) is 4.74 Å². The Hall–Kier alpha value is -1.12. The zero-order valence-corrected chi connectivity index (χ0v) is 8.39. The first kappa shape index (κ1) is 11.0. The maximum absolute atomic E-state index is 12.9. The first-order valence-corrected chi connectivity index (χ1v) is 4.73. The molecule has 0 radical (unpaired) electrons. The highest BCUT2D eigenvalue weighted by atomic mass is 19.3. The molecule has 0 N–H and O–H groups in total. The smallest absolute Gasteiger partial charge is 0.397 e. The first-order chi connectivity index (χ1) is 6.57. The quantitative estimate of drug-likeness (QED) is 0.721. The molecule has 14 heavy (non-hydrogen) atoms. The highest BCUT2D eigenvalue weighted by Crippen LogP contribution is 2.24. The first-order valence-electron chi connectivity index (χ1n) is 4.73. The van der Waals surface area contributed by atoms with E-state index in [1.165, 1.54) is 6.92 Å². The largest absolute Gasteiger partial charge is 0.433 e. The molecule has 0 aliphatic rings. The predicted octanol–water partition coefficient (Wildman–Crippen LogP) is 3.63. The second-order valence-electron chi connectivity index (χ2n) is 3.09. The number of alkyl halides is 2. The van der Waals surface area contributed by atoms with Crippen LogP contribution in [-0.4, -0.2) is 6.11 Å². The van der Waals surface area contributed by atoms with Gasteiger partial charge in [0, 0.05) is 6.42 Å². The lowest BCUT2D eigenvalue weighted by atomic mass is 10.2. The third-order valence-corrected chi connectivity index (χ3v) is 1.99. The van der Waals surface area contributed by atoms with Gasteiger partial charge in [-0.1, -0.05) is 26.0 Å². The van der Waals surface area contributed by atoms with Gasteiger partial charge < -0.3 is 4.74 Å². The number of rotatable bonds is 4. The SMILES string of the molecule is CCc1cccc(OC(F)(F)CC)c1. The topological polar surface area (TPSA) is 9.23 Å². The van der Waals surface area contributed by atoms with E-state index in [4.69, 9.17) is 0 Å². The Morgan fingerprint density at radius 1 is 1.29 bits per heavy atom. The summed E-state index contributed by atoms with van der Waals surface area (Å²) in [7, 11) is 0. The van der Waals surface area contributed by atoms with E-state index in [9.17, 15) is 8.78 Å². The molecule has 1 aromatic rings. The molecular formula is C11H14F2O. The average molecular weight is 200 g/mol. The molecule has 3 heteroatoms. The Kier molecular flexibility index (Phi) is 3.44. The summed E-state index contributed by atoms with van der Waals surface area (Å²) < 4.78 is 30.3. The highest BCUT2D eigenvalue weighted by molar-refractivity contribution is 5.28. The molecule has 0 amide bonds. The average Bonchev–Trinajstić information content (AvgIpc) is 2.17. The molecule has 0 aliphatic heterocycles. The molecule has 0 heterocycles. The van der Waals surface area contributed by atoms with Gasteiger partial charge in [-0.3, -0.25) is 0 Å². The summed E-state index contributed by atoms with van der Waals surface area (Å²) in [5.41, 5.74) is 0.995. The van der Waals surface area contributed by atoms with Crippen LogP contribution in [-0.2, 0) is 6.42 Å². The van der Waals surface area contributed by atoms with Crippen molar-refractivity contribution < 1.29 is 13.5 Å². The van der Waals surface area contributed by atoms with Crippen LogP contribution in [0.25, 0.3) is 0 Å². The Morgan fingerprint density at radius 3 is 2.57 bits per heavy atom. The van der Waals surface area contributed by atoms with Crippen LogP contribution in [0.2, 0.25) is 0 Å². The standard InChI is InChI=1S/C11H14F2O/c1-3-9-6-5-7-10(8-9)14-11(12,13)4-2/h5-8H,3-4H2,1-2H3. The second-order valence-corrected chi connectivity index (χ2v) is 3.09. The van der Waals surface area contributed by atoms with Gasteiger partial charge in [-0.25, -0.2) is 0 Å². The monoisotopic (exact) mass is 200 g/mol. The normalized spacial score (nSPS) is 11.4. The molecule has 0 unspecified atom stereocenters. The number of halogens is 2. The van der Waals surface area contributed by atoms with Crippen LogP contribution in [0.1, 0.15) is 25.8 Å². The van der Waals surface area contributed by atoms with E-state index < -0.39 is 6.11 Å². The van der Waals surface area contributed by atoms with E-state index in [1.54, 1.807) is 18.2 Å². The van der Waals surface area contributed by atoms with Crippen molar-refractivity contribution in [2.45, 2.75) is 32.8 Å². The lowest BCUT2D eigenvalue weighted by Crippen LogP contribution is -2.23. The number of benzene rings is 1. The summed E-state index contributed by atoms with van der Waals surface area (Å²) in [4.78, 5) is 0. The van der Waals surface area contributed by atoms with E-state index >= 15 is 0 Å². The molecule has 0 aliphatic carbocycles. The van der Waals surface area contributed by atoms with Gasteiger partial charge in [0.05, 0.1) is 0 Å². The minimum Gasteiger partial charge on any atom is -0.433 e. The Labute approximate surface area is 82.7 Å². The maximum Gasteiger partial charge on any atom is 0.397 e. The van der Waals surface area contributed by atoms with Crippen molar-refractivity contribution in [1.82, 2.24) is 0 Å². The highest BCUT2D eigenvalue weighted by Gasteiger charge is 2.28. The molecule has 0 spiro atoms. The molecule has 0 fully saturated rings. The van der Waals surface area contributed by atoms with Gasteiger partial charge >= 0.3 is 6.11 Å². The van der Waals surface area contributed by atoms with E-state index in [1.807, 2.05) is 13.0 Å². The van der Waals surface area contributed by atoms with Crippen molar-refractivity contribution in [1.29, 1.82) is 0 Å². The Bertz CT molecular complexity index is 297. The summed E-state index contributed by atoms with van der Waals surface area (Å²) in [5.74, 6) is 0.233. The van der Waals surface area contributed by atoms with E-state index in [-0.39, 0.29) is 12.2 Å². The molecule has 78 valence electrons. The summed E-state index contributed by atoms with van der Waals surface area (Å²) in [5, 5.41) is 0. The fourth-order valence-corrected chi connectivity index (χ4v) is 1.07. The van der Waals surface area contributed by atoms with E-state index in [0.717, 1.165) is 12.0 Å². The van der Waals surface area contributed by atoms with E-state index in [0.29, 0.717) is 0 Å². The van der Waals surface area contributed by atoms with Crippen LogP contribution in [0.15, 0.2) is 24.3 Å².